The maximum atomic E-state index is 12.3. The summed E-state index contributed by atoms with van der Waals surface area (Å²) in [5.74, 6) is -0.109. The van der Waals surface area contributed by atoms with E-state index in [1.807, 2.05) is 36.4 Å². The van der Waals surface area contributed by atoms with E-state index in [9.17, 15) is 15.0 Å². The summed E-state index contributed by atoms with van der Waals surface area (Å²) in [6.07, 6.45) is 3.97. The summed E-state index contributed by atoms with van der Waals surface area (Å²) in [6.45, 7) is -0.567. The minimum Gasteiger partial charge on any atom is -0.395 e. The second-order valence-corrected chi connectivity index (χ2v) is 4.86. The quantitative estimate of drug-likeness (QED) is 0.799. The normalized spacial score (nSPS) is 21.2. The van der Waals surface area contributed by atoms with Crippen LogP contribution < -0.4 is 0 Å². The van der Waals surface area contributed by atoms with E-state index in [0.29, 0.717) is 12.0 Å². The highest BCUT2D eigenvalue weighted by Crippen LogP contribution is 2.36. The monoisotopic (exact) mass is 246 g/mol. The highest BCUT2D eigenvalue weighted by atomic mass is 16.3. The zero-order valence-electron chi connectivity index (χ0n) is 10.3. The molecule has 0 spiro atoms. The lowest BCUT2D eigenvalue weighted by molar-refractivity contribution is -0.132. The number of rotatable bonds is 3. The molecular formula is C15H18O3. The molecule has 1 fully saturated rings. The number of aliphatic hydroxyl groups excluding tert-OH is 2. The van der Waals surface area contributed by atoms with Gasteiger partial charge in [-0.15, -0.1) is 0 Å². The van der Waals surface area contributed by atoms with Crippen molar-refractivity contribution in [1.82, 2.24) is 0 Å². The lowest BCUT2D eigenvalue weighted by Crippen LogP contribution is -2.42. The summed E-state index contributed by atoms with van der Waals surface area (Å²) < 4.78 is 0. The predicted octanol–water partition coefficient (Wildman–Crippen LogP) is 1.79. The molecule has 0 aromatic heterocycles. The molecule has 18 heavy (non-hydrogen) atoms. The van der Waals surface area contributed by atoms with E-state index in [-0.39, 0.29) is 19.0 Å². The first-order valence-corrected chi connectivity index (χ1v) is 6.24. The molecule has 0 bridgehead atoms. The topological polar surface area (TPSA) is 57.5 Å². The summed E-state index contributed by atoms with van der Waals surface area (Å²) in [5, 5.41) is 18.8. The van der Waals surface area contributed by atoms with Crippen molar-refractivity contribution in [3.63, 3.8) is 0 Å². The lowest BCUT2D eigenvalue weighted by Gasteiger charge is -2.33. The van der Waals surface area contributed by atoms with E-state index in [4.69, 9.17) is 0 Å². The molecule has 0 radical (unpaired) electrons. The number of carbonyl (C=O) groups excluding carboxylic acids is 1. The number of aliphatic hydroxyl groups is 2. The van der Waals surface area contributed by atoms with Crippen LogP contribution in [0.3, 0.4) is 0 Å². The standard InChI is InChI=1S/C15H18O3/c16-10-15(11-17)8-4-7-13(14(15)18)9-12-5-2-1-3-6-12/h1-3,5-6,9,16-17H,4,7-8,10-11H2/b13-9-. The van der Waals surface area contributed by atoms with Crippen LogP contribution in [0.4, 0.5) is 0 Å². The zero-order valence-corrected chi connectivity index (χ0v) is 10.3. The van der Waals surface area contributed by atoms with Crippen molar-refractivity contribution in [1.29, 1.82) is 0 Å². The SMILES string of the molecule is O=C1/C(=C\c2ccccc2)CCCC1(CO)CO. The predicted molar refractivity (Wildman–Crippen MR) is 69.9 cm³/mol. The van der Waals surface area contributed by atoms with Crippen molar-refractivity contribution in [3.8, 4) is 0 Å². The van der Waals surface area contributed by atoms with Crippen molar-refractivity contribution in [2.45, 2.75) is 19.3 Å². The third-order valence-corrected chi connectivity index (χ3v) is 3.62. The Kier molecular flexibility index (Phi) is 3.94. The Balaban J connectivity index is 2.29. The van der Waals surface area contributed by atoms with Gasteiger partial charge >= 0.3 is 0 Å². The smallest absolute Gasteiger partial charge is 0.169 e. The molecule has 1 saturated carbocycles. The fraction of sp³-hybridized carbons (Fsp3) is 0.400. The molecule has 1 aliphatic rings. The molecule has 2 N–H and O–H groups in total. The maximum Gasteiger partial charge on any atom is 0.169 e. The molecule has 1 aliphatic carbocycles. The van der Waals surface area contributed by atoms with Crippen molar-refractivity contribution in [2.24, 2.45) is 5.41 Å². The number of hydrogen-bond acceptors (Lipinski definition) is 3. The molecule has 0 aliphatic heterocycles. The van der Waals surface area contributed by atoms with Gasteiger partial charge in [0.15, 0.2) is 5.78 Å². The molecule has 1 aromatic carbocycles. The summed E-state index contributed by atoms with van der Waals surface area (Å²) in [7, 11) is 0. The summed E-state index contributed by atoms with van der Waals surface area (Å²) in [4.78, 5) is 12.3. The minimum absolute atomic E-state index is 0.109. The van der Waals surface area contributed by atoms with Gasteiger partial charge in [-0.3, -0.25) is 4.79 Å². The average molecular weight is 246 g/mol. The third kappa shape index (κ3) is 2.37. The van der Waals surface area contributed by atoms with Crippen molar-refractivity contribution >= 4 is 11.9 Å². The van der Waals surface area contributed by atoms with Gasteiger partial charge in [0.2, 0.25) is 0 Å². The molecule has 0 heterocycles. The van der Waals surface area contributed by atoms with E-state index in [1.165, 1.54) is 0 Å². The van der Waals surface area contributed by atoms with Crippen LogP contribution in [-0.4, -0.2) is 29.2 Å². The second-order valence-electron chi connectivity index (χ2n) is 4.86. The first-order valence-electron chi connectivity index (χ1n) is 6.24. The van der Waals surface area contributed by atoms with Gasteiger partial charge in [-0.1, -0.05) is 30.3 Å². The second kappa shape index (κ2) is 5.46. The highest BCUT2D eigenvalue weighted by Gasteiger charge is 2.41. The Bertz CT molecular complexity index is 444. The van der Waals surface area contributed by atoms with Crippen molar-refractivity contribution < 1.29 is 15.0 Å². The first-order chi connectivity index (χ1) is 8.72. The number of ketones is 1. The van der Waals surface area contributed by atoms with E-state index in [2.05, 4.69) is 0 Å². The van der Waals surface area contributed by atoms with Gasteiger partial charge in [-0.25, -0.2) is 0 Å². The lowest BCUT2D eigenvalue weighted by atomic mass is 9.71. The summed E-state index contributed by atoms with van der Waals surface area (Å²) in [6, 6.07) is 9.65. The Morgan fingerprint density at radius 2 is 1.83 bits per heavy atom. The van der Waals surface area contributed by atoms with Gasteiger partial charge in [-0.05, 0) is 36.5 Å². The van der Waals surface area contributed by atoms with E-state index in [0.717, 1.165) is 18.4 Å². The highest BCUT2D eigenvalue weighted by molar-refractivity contribution is 6.04. The Labute approximate surface area is 107 Å². The van der Waals surface area contributed by atoms with Gasteiger partial charge in [0.05, 0.1) is 18.6 Å². The van der Waals surface area contributed by atoms with Crippen LogP contribution in [0.5, 0.6) is 0 Å². The van der Waals surface area contributed by atoms with Crippen LogP contribution >= 0.6 is 0 Å². The Morgan fingerprint density at radius 3 is 2.44 bits per heavy atom. The van der Waals surface area contributed by atoms with Crippen LogP contribution in [-0.2, 0) is 4.79 Å². The molecule has 3 nitrogen and oxygen atoms in total. The number of hydrogen-bond donors (Lipinski definition) is 2. The van der Waals surface area contributed by atoms with Crippen LogP contribution in [0.1, 0.15) is 24.8 Å². The molecule has 0 unspecified atom stereocenters. The zero-order chi connectivity index (χ0) is 13.0. The van der Waals surface area contributed by atoms with E-state index in [1.54, 1.807) is 0 Å². The molecular weight excluding hydrogens is 228 g/mol. The molecule has 2 rings (SSSR count). The molecule has 0 saturated heterocycles. The maximum absolute atomic E-state index is 12.3. The third-order valence-electron chi connectivity index (χ3n) is 3.62. The number of Topliss-reactive ketones (excluding diaryl/α,β-unsaturated/α-hetero) is 1. The van der Waals surface area contributed by atoms with Gasteiger partial charge in [-0.2, -0.15) is 0 Å². The van der Waals surface area contributed by atoms with E-state index < -0.39 is 5.41 Å². The van der Waals surface area contributed by atoms with Crippen LogP contribution in [0, 0.1) is 5.41 Å². The molecule has 3 heteroatoms. The van der Waals surface area contributed by atoms with E-state index >= 15 is 0 Å². The Morgan fingerprint density at radius 1 is 1.17 bits per heavy atom. The average Bonchev–Trinajstić information content (AvgIpc) is 2.43. The number of carbonyl (C=O) groups is 1. The summed E-state index contributed by atoms with van der Waals surface area (Å²) in [5.41, 5.74) is 0.710. The number of benzene rings is 1. The van der Waals surface area contributed by atoms with Crippen LogP contribution in [0.25, 0.3) is 6.08 Å². The molecule has 0 atom stereocenters. The summed E-state index contributed by atoms with van der Waals surface area (Å²) >= 11 is 0. The largest absolute Gasteiger partial charge is 0.395 e. The van der Waals surface area contributed by atoms with Gasteiger partial charge in [0.25, 0.3) is 0 Å². The fourth-order valence-electron chi connectivity index (χ4n) is 2.42. The minimum atomic E-state index is -0.973. The van der Waals surface area contributed by atoms with Gasteiger partial charge in [0, 0.05) is 0 Å². The Hall–Kier alpha value is -1.45. The molecule has 1 aromatic rings. The number of allylic oxidation sites excluding steroid dienone is 1. The van der Waals surface area contributed by atoms with Crippen LogP contribution in [0.2, 0.25) is 0 Å². The fourth-order valence-corrected chi connectivity index (χ4v) is 2.42. The first kappa shape index (κ1) is 13.0. The van der Waals surface area contributed by atoms with Gasteiger partial charge in [0.1, 0.15) is 0 Å². The van der Waals surface area contributed by atoms with Crippen molar-refractivity contribution in [2.75, 3.05) is 13.2 Å². The van der Waals surface area contributed by atoms with Crippen molar-refractivity contribution in [3.05, 3.63) is 41.5 Å². The molecule has 96 valence electrons. The molecule has 0 amide bonds. The van der Waals surface area contributed by atoms with Crippen LogP contribution in [0.15, 0.2) is 35.9 Å². The van der Waals surface area contributed by atoms with Gasteiger partial charge < -0.3 is 10.2 Å².